The number of nitrogens with two attached hydrogens (primary N) is 1. The molecule has 0 aliphatic rings. The number of carbonyl (C=O) groups is 4. The van der Waals surface area contributed by atoms with E-state index >= 15 is 0 Å². The van der Waals surface area contributed by atoms with Gasteiger partial charge in [-0.3, -0.25) is 25.4 Å². The number of H-pyrrole nitrogens is 2. The number of fused-ring (bicyclic) bond motifs is 2. The Kier molecular flexibility index (Phi) is 18.3. The lowest BCUT2D eigenvalue weighted by molar-refractivity contribution is 0.0624. The van der Waals surface area contributed by atoms with E-state index < -0.39 is 29.4 Å². The molecule has 6 heterocycles. The highest BCUT2D eigenvalue weighted by atomic mass is 35.5. The zero-order chi connectivity index (χ0) is 54.8. The Bertz CT molecular complexity index is 3330. The summed E-state index contributed by atoms with van der Waals surface area (Å²) < 4.78 is 10.4. The third-order valence-electron chi connectivity index (χ3n) is 10.9. The smallest absolute Gasteiger partial charge is 0.413 e. The van der Waals surface area contributed by atoms with Crippen LogP contribution in [0.25, 0.3) is 21.8 Å². The molecular formula is C54H60Cl2N12O7. The molecule has 0 unspecified atom stereocenters. The van der Waals surface area contributed by atoms with Crippen molar-refractivity contribution in [3.8, 4) is 0 Å². The van der Waals surface area contributed by atoms with Crippen LogP contribution in [-0.2, 0) is 35.4 Å². The standard InChI is InChI=1S/C27H29ClN6O3.C14H10ClN3O2.C13H21N3O2/c1-15-8-23(34-26(36)37-27(3,4)5)32-16(2)21(15)14-31-25(35)24-30-13-20(33-24)10-17-6-7-22-18(9-17)11-19(28)12-29-22;15-10-5-9-3-8(1-2-12(9)16-6-10)4-11-7-17-13(18-11)14(19)20;1-8-6-11(15-9(2)10(8)7-14)16-12(17)18-13(3,4)5/h6-9,11-13H,10,14H2,1-5H3,(H,30,33)(H,31,35)(H,32,34,36);1-3,5-7H,4H2,(H,17,18)(H,19,20);6H,7,14H2,1-5H3,(H,15,16,17). The summed E-state index contributed by atoms with van der Waals surface area (Å²) >= 11 is 12.0. The summed E-state index contributed by atoms with van der Waals surface area (Å²) in [5.74, 6) is -0.336. The summed E-state index contributed by atoms with van der Waals surface area (Å²) in [5.41, 5.74) is 15.1. The van der Waals surface area contributed by atoms with Crippen molar-refractivity contribution in [2.24, 2.45) is 5.73 Å². The SMILES string of the molecule is Cc1cc(NC(=O)OC(C)(C)C)nc(C)c1CN.Cc1cc(NC(=O)OC(C)(C)C)nc(C)c1CNC(=O)c1ncc(Cc2ccc3ncc(Cl)cc3c2)[nH]1.O=C(O)c1ncc(Cc2ccc3ncc(Cl)cc3c2)[nH]1. The van der Waals surface area contributed by atoms with E-state index in [2.05, 4.69) is 55.8 Å². The van der Waals surface area contributed by atoms with E-state index in [1.807, 2.05) is 97.0 Å². The van der Waals surface area contributed by atoms with Crippen LogP contribution < -0.4 is 21.7 Å². The number of hydrogen-bond acceptors (Lipinski definition) is 13. The molecule has 0 spiro atoms. The molecule has 0 saturated carbocycles. The lowest BCUT2D eigenvalue weighted by Crippen LogP contribution is -2.28. The molecule has 392 valence electrons. The number of rotatable bonds is 11. The lowest BCUT2D eigenvalue weighted by atomic mass is 10.1. The van der Waals surface area contributed by atoms with Gasteiger partial charge in [-0.05, 0) is 151 Å². The highest BCUT2D eigenvalue weighted by Gasteiger charge is 2.20. The van der Waals surface area contributed by atoms with E-state index in [1.165, 1.54) is 6.20 Å². The molecule has 8 N–H and O–H groups in total. The second-order valence-electron chi connectivity index (χ2n) is 19.5. The summed E-state index contributed by atoms with van der Waals surface area (Å²) in [7, 11) is 0. The Morgan fingerprint density at radius 3 is 1.47 bits per heavy atom. The lowest BCUT2D eigenvalue weighted by Gasteiger charge is -2.20. The molecule has 8 aromatic rings. The normalized spacial score (nSPS) is 11.2. The molecule has 0 aliphatic heterocycles. The van der Waals surface area contributed by atoms with Crippen molar-refractivity contribution in [2.45, 2.75) is 106 Å². The number of imidazole rings is 2. The van der Waals surface area contributed by atoms with Crippen molar-refractivity contribution in [1.82, 2.24) is 45.2 Å². The van der Waals surface area contributed by atoms with Gasteiger partial charge in [-0.2, -0.15) is 0 Å². The number of carboxylic acids is 1. The Labute approximate surface area is 443 Å². The number of aromatic nitrogens is 8. The minimum Gasteiger partial charge on any atom is -0.475 e. The van der Waals surface area contributed by atoms with Crippen molar-refractivity contribution in [3.05, 3.63) is 163 Å². The molecule has 19 nitrogen and oxygen atoms in total. The van der Waals surface area contributed by atoms with E-state index in [4.69, 9.17) is 43.5 Å². The zero-order valence-electron chi connectivity index (χ0n) is 43.3. The fraction of sp³-hybridized carbons (Fsp3) is 0.296. The molecule has 8 rings (SSSR count). The number of amides is 3. The number of nitrogens with one attached hydrogen (secondary N) is 5. The van der Waals surface area contributed by atoms with Gasteiger partial charge in [0.05, 0.1) is 21.1 Å². The minimum absolute atomic E-state index is 0.0505. The number of anilines is 2. The highest BCUT2D eigenvalue weighted by Crippen LogP contribution is 2.23. The molecule has 6 aromatic heterocycles. The van der Waals surface area contributed by atoms with Gasteiger partial charge in [-0.15, -0.1) is 0 Å². The van der Waals surface area contributed by atoms with Crippen molar-refractivity contribution >= 4 is 80.7 Å². The minimum atomic E-state index is -1.06. The fourth-order valence-corrected chi connectivity index (χ4v) is 7.91. The van der Waals surface area contributed by atoms with Crippen molar-refractivity contribution < 1.29 is 33.8 Å². The number of ether oxygens (including phenoxy) is 2. The van der Waals surface area contributed by atoms with Gasteiger partial charge in [0.25, 0.3) is 5.91 Å². The van der Waals surface area contributed by atoms with Crippen LogP contribution in [0.3, 0.4) is 0 Å². The number of aryl methyl sites for hydroxylation is 4. The first-order valence-corrected chi connectivity index (χ1v) is 24.4. The Hall–Kier alpha value is -8.00. The fourth-order valence-electron chi connectivity index (χ4n) is 7.58. The first-order chi connectivity index (χ1) is 35.3. The molecule has 0 aliphatic carbocycles. The van der Waals surface area contributed by atoms with Crippen LogP contribution in [0.1, 0.15) is 119 Å². The Morgan fingerprint density at radius 1 is 0.613 bits per heavy atom. The quantitative estimate of drug-likeness (QED) is 0.0635. The first kappa shape index (κ1) is 56.3. The average Bonchev–Trinajstić information content (AvgIpc) is 3.98. The van der Waals surface area contributed by atoms with Gasteiger partial charge >= 0.3 is 18.2 Å². The number of carbonyl (C=O) groups excluding carboxylic acids is 3. The predicted molar refractivity (Wildman–Crippen MR) is 289 cm³/mol. The highest BCUT2D eigenvalue weighted by molar-refractivity contribution is 6.31. The molecule has 0 fully saturated rings. The van der Waals surface area contributed by atoms with Crippen LogP contribution in [-0.4, -0.2) is 80.2 Å². The molecule has 0 bridgehead atoms. The molecule has 0 radical (unpaired) electrons. The first-order valence-electron chi connectivity index (χ1n) is 23.6. The summed E-state index contributed by atoms with van der Waals surface area (Å²) in [6.07, 6.45) is 6.50. The van der Waals surface area contributed by atoms with E-state index in [0.717, 1.165) is 72.3 Å². The topological polar surface area (TPSA) is 278 Å². The van der Waals surface area contributed by atoms with E-state index in [1.54, 1.807) is 51.5 Å². The summed E-state index contributed by atoms with van der Waals surface area (Å²) in [5, 5.41) is 20.0. The van der Waals surface area contributed by atoms with Crippen LogP contribution in [0.4, 0.5) is 21.2 Å². The Morgan fingerprint density at radius 2 is 1.05 bits per heavy atom. The van der Waals surface area contributed by atoms with Crippen molar-refractivity contribution in [2.75, 3.05) is 10.6 Å². The number of hydrogen-bond donors (Lipinski definition) is 7. The average molecular weight is 1060 g/mol. The van der Waals surface area contributed by atoms with Crippen LogP contribution in [0.15, 0.2) is 85.5 Å². The van der Waals surface area contributed by atoms with Crippen molar-refractivity contribution in [1.29, 1.82) is 0 Å². The molecule has 0 saturated heterocycles. The summed E-state index contributed by atoms with van der Waals surface area (Å²) in [6, 6.07) is 19.1. The number of aromatic carboxylic acids is 1. The summed E-state index contributed by atoms with van der Waals surface area (Å²) in [6.45, 7) is 19.1. The Balaban J connectivity index is 0.000000202. The van der Waals surface area contributed by atoms with Crippen LogP contribution >= 0.6 is 23.2 Å². The number of nitrogens with zero attached hydrogens (tertiary/aromatic N) is 6. The van der Waals surface area contributed by atoms with E-state index in [9.17, 15) is 19.2 Å². The number of halogens is 2. The molecule has 75 heavy (non-hydrogen) atoms. The van der Waals surface area contributed by atoms with Gasteiger partial charge in [0.15, 0.2) is 5.82 Å². The molecule has 21 heteroatoms. The van der Waals surface area contributed by atoms with Crippen LogP contribution in [0, 0.1) is 27.7 Å². The number of benzene rings is 2. The van der Waals surface area contributed by atoms with Gasteiger partial charge in [-0.1, -0.05) is 35.3 Å². The van der Waals surface area contributed by atoms with Gasteiger partial charge in [-0.25, -0.2) is 34.3 Å². The number of pyridine rings is 4. The monoisotopic (exact) mass is 1060 g/mol. The maximum absolute atomic E-state index is 12.7. The zero-order valence-corrected chi connectivity index (χ0v) is 44.8. The van der Waals surface area contributed by atoms with Crippen LogP contribution in [0.5, 0.6) is 0 Å². The maximum atomic E-state index is 12.7. The molecule has 0 atom stereocenters. The van der Waals surface area contributed by atoms with Crippen LogP contribution in [0.2, 0.25) is 10.0 Å². The summed E-state index contributed by atoms with van der Waals surface area (Å²) in [4.78, 5) is 78.3. The van der Waals surface area contributed by atoms with Gasteiger partial charge in [0.2, 0.25) is 5.82 Å². The van der Waals surface area contributed by atoms with E-state index in [0.29, 0.717) is 46.8 Å². The van der Waals surface area contributed by atoms with E-state index in [-0.39, 0.29) is 24.1 Å². The van der Waals surface area contributed by atoms with Gasteiger partial charge < -0.3 is 35.6 Å². The second-order valence-corrected chi connectivity index (χ2v) is 20.3. The maximum Gasteiger partial charge on any atom is 0.413 e. The third-order valence-corrected chi connectivity index (χ3v) is 11.3. The number of aromatic amines is 2. The number of carboxylic acid groups (broad SMARTS) is 1. The van der Waals surface area contributed by atoms with Gasteiger partial charge in [0.1, 0.15) is 22.8 Å². The molecule has 2 aromatic carbocycles. The van der Waals surface area contributed by atoms with Gasteiger partial charge in [0, 0.05) is 84.3 Å². The molecular weight excluding hydrogens is 1000 g/mol. The third kappa shape index (κ3) is 16.8. The van der Waals surface area contributed by atoms with Crippen molar-refractivity contribution in [3.63, 3.8) is 0 Å². The second kappa shape index (κ2) is 24.4. The molecule has 3 amide bonds. The predicted octanol–water partition coefficient (Wildman–Crippen LogP) is 10.9. The largest absolute Gasteiger partial charge is 0.475 e.